The molecular weight excluding hydrogens is 228 g/mol. The maximum absolute atomic E-state index is 5.78. The molecule has 0 bridgehead atoms. The number of hydrogen-bond donors (Lipinski definition) is 2. The van der Waals surface area contributed by atoms with E-state index in [9.17, 15) is 0 Å². The summed E-state index contributed by atoms with van der Waals surface area (Å²) in [7, 11) is 3.28. The molecule has 0 heterocycles. The van der Waals surface area contributed by atoms with Gasteiger partial charge in [0.2, 0.25) is 0 Å². The Kier molecular flexibility index (Phi) is 6.90. The fraction of sp³-hybridized carbons (Fsp3) is 0.571. The van der Waals surface area contributed by atoms with Gasteiger partial charge in [-0.15, -0.1) is 0 Å². The lowest BCUT2D eigenvalue weighted by molar-refractivity contribution is -0.110. The third-order valence-corrected chi connectivity index (χ3v) is 3.07. The number of rotatable bonds is 8. The van der Waals surface area contributed by atoms with Gasteiger partial charge in [0.15, 0.2) is 6.29 Å². The average molecular weight is 252 g/mol. The zero-order valence-corrected chi connectivity index (χ0v) is 11.4. The van der Waals surface area contributed by atoms with E-state index < -0.39 is 0 Å². The Morgan fingerprint density at radius 1 is 1.17 bits per heavy atom. The van der Waals surface area contributed by atoms with Crippen LogP contribution in [0.3, 0.4) is 0 Å². The van der Waals surface area contributed by atoms with Gasteiger partial charge < -0.3 is 20.5 Å². The largest absolute Gasteiger partial charge is 0.356 e. The minimum Gasteiger partial charge on any atom is -0.356 e. The summed E-state index contributed by atoms with van der Waals surface area (Å²) in [6, 6.07) is 10.7. The summed E-state index contributed by atoms with van der Waals surface area (Å²) in [5, 5.41) is 3.50. The molecule has 0 aromatic heterocycles. The first-order valence-electron chi connectivity index (χ1n) is 6.27. The minimum atomic E-state index is -0.214. The number of nitrogens with two attached hydrogens (primary N) is 1. The second-order valence-corrected chi connectivity index (χ2v) is 4.37. The second kappa shape index (κ2) is 8.21. The maximum atomic E-state index is 5.78. The molecule has 18 heavy (non-hydrogen) atoms. The summed E-state index contributed by atoms with van der Waals surface area (Å²) in [4.78, 5) is 0. The summed E-state index contributed by atoms with van der Waals surface area (Å²) in [5.41, 5.74) is 7.04. The molecule has 0 aliphatic rings. The van der Waals surface area contributed by atoms with Crippen molar-refractivity contribution < 1.29 is 9.47 Å². The van der Waals surface area contributed by atoms with Crippen molar-refractivity contribution in [2.45, 2.75) is 31.7 Å². The maximum Gasteiger partial charge on any atom is 0.158 e. The van der Waals surface area contributed by atoms with Gasteiger partial charge in [0, 0.05) is 39.3 Å². The molecule has 2 unspecified atom stereocenters. The van der Waals surface area contributed by atoms with E-state index in [4.69, 9.17) is 15.2 Å². The Hall–Kier alpha value is -0.940. The third-order valence-electron chi connectivity index (χ3n) is 3.07. The van der Waals surface area contributed by atoms with Gasteiger partial charge >= 0.3 is 0 Å². The van der Waals surface area contributed by atoms with Crippen molar-refractivity contribution in [3.05, 3.63) is 35.9 Å². The molecule has 4 heteroatoms. The first-order valence-corrected chi connectivity index (χ1v) is 6.27. The summed E-state index contributed by atoms with van der Waals surface area (Å²) < 4.78 is 10.4. The van der Waals surface area contributed by atoms with Gasteiger partial charge in [-0.1, -0.05) is 30.3 Å². The van der Waals surface area contributed by atoms with E-state index in [-0.39, 0.29) is 18.4 Å². The SMILES string of the molecule is COC(CC(CN)NC(C)c1ccccc1)OC. The molecule has 102 valence electrons. The van der Waals surface area contributed by atoms with Crippen LogP contribution < -0.4 is 11.1 Å². The van der Waals surface area contributed by atoms with Crippen molar-refractivity contribution in [2.75, 3.05) is 20.8 Å². The molecule has 0 amide bonds. The topological polar surface area (TPSA) is 56.5 Å². The monoisotopic (exact) mass is 252 g/mol. The molecule has 3 N–H and O–H groups in total. The van der Waals surface area contributed by atoms with Crippen molar-refractivity contribution >= 4 is 0 Å². The summed E-state index contributed by atoms with van der Waals surface area (Å²) in [6.07, 6.45) is 0.523. The molecule has 0 radical (unpaired) electrons. The highest BCUT2D eigenvalue weighted by Crippen LogP contribution is 2.13. The van der Waals surface area contributed by atoms with Gasteiger partial charge in [0.1, 0.15) is 0 Å². The lowest BCUT2D eigenvalue weighted by Gasteiger charge is -2.25. The van der Waals surface area contributed by atoms with E-state index >= 15 is 0 Å². The molecule has 2 atom stereocenters. The zero-order valence-electron chi connectivity index (χ0n) is 11.4. The summed E-state index contributed by atoms with van der Waals surface area (Å²) >= 11 is 0. The standard InChI is InChI=1S/C14H24N2O2/c1-11(12-7-5-4-6-8-12)16-13(10-15)9-14(17-2)18-3/h4-8,11,13-14,16H,9-10,15H2,1-3H3. The molecule has 0 saturated carbocycles. The van der Waals surface area contributed by atoms with Crippen LogP contribution in [0, 0.1) is 0 Å². The lowest BCUT2D eigenvalue weighted by atomic mass is 10.1. The van der Waals surface area contributed by atoms with Crippen LogP contribution in [0.25, 0.3) is 0 Å². The molecule has 0 saturated heterocycles. The molecule has 1 aromatic rings. The van der Waals surface area contributed by atoms with Gasteiger partial charge in [0.05, 0.1) is 0 Å². The first-order chi connectivity index (χ1) is 8.71. The Bertz CT molecular complexity index is 315. The van der Waals surface area contributed by atoms with Crippen molar-refractivity contribution in [1.29, 1.82) is 0 Å². The van der Waals surface area contributed by atoms with Crippen LogP contribution >= 0.6 is 0 Å². The molecule has 0 aliphatic carbocycles. The smallest absolute Gasteiger partial charge is 0.158 e. The molecular formula is C14H24N2O2. The van der Waals surface area contributed by atoms with Crippen LogP contribution in [0.1, 0.15) is 24.9 Å². The van der Waals surface area contributed by atoms with Gasteiger partial charge in [-0.25, -0.2) is 0 Å². The van der Waals surface area contributed by atoms with Crippen molar-refractivity contribution in [3.63, 3.8) is 0 Å². The zero-order chi connectivity index (χ0) is 13.4. The van der Waals surface area contributed by atoms with Crippen molar-refractivity contribution in [1.82, 2.24) is 5.32 Å². The Labute approximate surface area is 109 Å². The van der Waals surface area contributed by atoms with Crippen LogP contribution in [-0.2, 0) is 9.47 Å². The lowest BCUT2D eigenvalue weighted by Crippen LogP contribution is -2.40. The third kappa shape index (κ3) is 4.74. The van der Waals surface area contributed by atoms with Crippen molar-refractivity contribution in [2.24, 2.45) is 5.73 Å². The van der Waals surface area contributed by atoms with Crippen LogP contribution in [0.2, 0.25) is 0 Å². The molecule has 1 aromatic carbocycles. The van der Waals surface area contributed by atoms with Gasteiger partial charge in [-0.3, -0.25) is 0 Å². The molecule has 4 nitrogen and oxygen atoms in total. The van der Waals surface area contributed by atoms with Crippen molar-refractivity contribution in [3.8, 4) is 0 Å². The van der Waals surface area contributed by atoms with Crippen LogP contribution in [0.4, 0.5) is 0 Å². The summed E-state index contributed by atoms with van der Waals surface area (Å²) in [6.45, 7) is 2.69. The Morgan fingerprint density at radius 2 is 1.78 bits per heavy atom. The quantitative estimate of drug-likeness (QED) is 0.691. The van der Waals surface area contributed by atoms with Gasteiger partial charge in [0.25, 0.3) is 0 Å². The predicted molar refractivity (Wildman–Crippen MR) is 73.3 cm³/mol. The highest BCUT2D eigenvalue weighted by Gasteiger charge is 2.16. The Balaban J connectivity index is 2.52. The molecule has 0 fully saturated rings. The fourth-order valence-corrected chi connectivity index (χ4v) is 1.94. The van der Waals surface area contributed by atoms with E-state index in [0.717, 1.165) is 6.42 Å². The average Bonchev–Trinajstić information content (AvgIpc) is 2.44. The predicted octanol–water partition coefficient (Wildman–Crippen LogP) is 1.67. The van der Waals surface area contributed by atoms with E-state index in [2.05, 4.69) is 24.4 Å². The van der Waals surface area contributed by atoms with Gasteiger partial charge in [-0.2, -0.15) is 0 Å². The highest BCUT2D eigenvalue weighted by atomic mass is 16.7. The normalized spacial score (nSPS) is 14.7. The summed E-state index contributed by atoms with van der Waals surface area (Å²) in [5.74, 6) is 0. The molecule has 0 aliphatic heterocycles. The number of ether oxygens (including phenoxy) is 2. The van der Waals surface area contributed by atoms with E-state index in [1.54, 1.807) is 14.2 Å². The first kappa shape index (κ1) is 15.1. The fourth-order valence-electron chi connectivity index (χ4n) is 1.94. The number of benzene rings is 1. The van der Waals surface area contributed by atoms with E-state index in [1.807, 2.05) is 18.2 Å². The van der Waals surface area contributed by atoms with E-state index in [0.29, 0.717) is 6.54 Å². The van der Waals surface area contributed by atoms with Crippen LogP contribution in [0.5, 0.6) is 0 Å². The van der Waals surface area contributed by atoms with Gasteiger partial charge in [-0.05, 0) is 12.5 Å². The highest BCUT2D eigenvalue weighted by molar-refractivity contribution is 5.18. The number of hydrogen-bond acceptors (Lipinski definition) is 4. The van der Waals surface area contributed by atoms with E-state index in [1.165, 1.54) is 5.56 Å². The number of nitrogens with one attached hydrogen (secondary N) is 1. The minimum absolute atomic E-state index is 0.171. The Morgan fingerprint density at radius 3 is 2.28 bits per heavy atom. The number of methoxy groups -OCH3 is 2. The van der Waals surface area contributed by atoms with Crippen LogP contribution in [0.15, 0.2) is 30.3 Å². The second-order valence-electron chi connectivity index (χ2n) is 4.37. The van der Waals surface area contributed by atoms with Crippen LogP contribution in [-0.4, -0.2) is 33.1 Å². The molecule has 1 rings (SSSR count). The molecule has 0 spiro atoms.